The molecule has 1 aromatic rings. The van der Waals surface area contributed by atoms with Crippen LogP contribution in [-0.2, 0) is 21.4 Å². The Bertz CT molecular complexity index is 648. The van der Waals surface area contributed by atoms with Crippen molar-refractivity contribution < 1.29 is 13.2 Å². The van der Waals surface area contributed by atoms with Crippen LogP contribution in [0.5, 0.6) is 0 Å². The first-order chi connectivity index (χ1) is 11.1. The third kappa shape index (κ3) is 6.18. The van der Waals surface area contributed by atoms with E-state index < -0.39 is 21.3 Å². The zero-order valence-electron chi connectivity index (χ0n) is 14.5. The summed E-state index contributed by atoms with van der Waals surface area (Å²) in [6, 6.07) is 3.95. The van der Waals surface area contributed by atoms with Gasteiger partial charge in [0.05, 0.1) is 0 Å². The minimum absolute atomic E-state index is 0.338. The maximum absolute atomic E-state index is 12.2. The Balaban J connectivity index is 1.82. The highest BCUT2D eigenvalue weighted by atomic mass is 32.2. The standard InChI is InChI=1S/C16H26N4O3S/c1-16(2,3)18-24(22,23)13-15(21)20-10-8-19(9-11-20)12-14-4-6-17-7-5-14/h4-7,18H,8-13H2,1-3H3. The van der Waals surface area contributed by atoms with Crippen molar-refractivity contribution in [1.82, 2.24) is 19.5 Å². The Hall–Kier alpha value is -1.51. The van der Waals surface area contributed by atoms with Crippen LogP contribution in [0, 0.1) is 0 Å². The summed E-state index contributed by atoms with van der Waals surface area (Å²) in [6.07, 6.45) is 3.53. The van der Waals surface area contributed by atoms with E-state index in [-0.39, 0.29) is 5.91 Å². The van der Waals surface area contributed by atoms with Gasteiger partial charge in [-0.2, -0.15) is 0 Å². The van der Waals surface area contributed by atoms with Gasteiger partial charge in [-0.25, -0.2) is 13.1 Å². The maximum Gasteiger partial charge on any atom is 0.239 e. The van der Waals surface area contributed by atoms with Gasteiger partial charge in [0, 0.05) is 50.7 Å². The third-order valence-corrected chi connectivity index (χ3v) is 5.21. The van der Waals surface area contributed by atoms with Crippen molar-refractivity contribution in [2.24, 2.45) is 0 Å². The molecule has 134 valence electrons. The Kier molecular flexibility index (Phi) is 5.95. The molecule has 1 N–H and O–H groups in total. The average Bonchev–Trinajstić information content (AvgIpc) is 2.46. The van der Waals surface area contributed by atoms with E-state index in [1.165, 1.54) is 5.56 Å². The quantitative estimate of drug-likeness (QED) is 0.830. The molecule has 0 radical (unpaired) electrons. The highest BCUT2D eigenvalue weighted by Gasteiger charge is 2.27. The summed E-state index contributed by atoms with van der Waals surface area (Å²) in [5, 5.41) is 0. The van der Waals surface area contributed by atoms with Gasteiger partial charge in [0.15, 0.2) is 0 Å². The summed E-state index contributed by atoms with van der Waals surface area (Å²) in [6.45, 7) is 8.66. The summed E-state index contributed by atoms with van der Waals surface area (Å²) in [5.41, 5.74) is 0.601. The second kappa shape index (κ2) is 7.58. The lowest BCUT2D eigenvalue weighted by Crippen LogP contribution is -2.51. The summed E-state index contributed by atoms with van der Waals surface area (Å²) < 4.78 is 26.6. The SMILES string of the molecule is CC(C)(C)NS(=O)(=O)CC(=O)N1CCN(Cc2ccncc2)CC1. The Morgan fingerprint density at radius 2 is 1.75 bits per heavy atom. The van der Waals surface area contributed by atoms with Crippen molar-refractivity contribution >= 4 is 15.9 Å². The summed E-state index contributed by atoms with van der Waals surface area (Å²) >= 11 is 0. The van der Waals surface area contributed by atoms with E-state index >= 15 is 0 Å². The van der Waals surface area contributed by atoms with Crippen LogP contribution in [0.2, 0.25) is 0 Å². The molecular weight excluding hydrogens is 328 g/mol. The van der Waals surface area contributed by atoms with Gasteiger partial charge in [0.2, 0.25) is 15.9 Å². The van der Waals surface area contributed by atoms with E-state index in [1.54, 1.807) is 38.1 Å². The van der Waals surface area contributed by atoms with Crippen molar-refractivity contribution in [3.8, 4) is 0 Å². The lowest BCUT2D eigenvalue weighted by atomic mass is 10.1. The topological polar surface area (TPSA) is 82.6 Å². The van der Waals surface area contributed by atoms with Crippen LogP contribution in [0.3, 0.4) is 0 Å². The Morgan fingerprint density at radius 3 is 2.29 bits per heavy atom. The van der Waals surface area contributed by atoms with E-state index in [4.69, 9.17) is 0 Å². The zero-order chi connectivity index (χ0) is 17.8. The number of hydrogen-bond acceptors (Lipinski definition) is 5. The van der Waals surface area contributed by atoms with Gasteiger partial charge in [-0.15, -0.1) is 0 Å². The first-order valence-corrected chi connectivity index (χ1v) is 9.70. The molecule has 2 rings (SSSR count). The third-order valence-electron chi connectivity index (χ3n) is 3.66. The predicted octanol–water partition coefficient (Wildman–Crippen LogP) is 0.444. The fourth-order valence-electron chi connectivity index (χ4n) is 2.66. The molecule has 1 fully saturated rings. The van der Waals surface area contributed by atoms with Crippen LogP contribution in [0.1, 0.15) is 26.3 Å². The smallest absolute Gasteiger partial charge is 0.239 e. The number of hydrogen-bond donors (Lipinski definition) is 1. The number of piperazine rings is 1. The molecule has 0 aliphatic carbocycles. The Morgan fingerprint density at radius 1 is 1.17 bits per heavy atom. The molecule has 0 unspecified atom stereocenters. The molecule has 24 heavy (non-hydrogen) atoms. The predicted molar refractivity (Wildman–Crippen MR) is 92.8 cm³/mol. The van der Waals surface area contributed by atoms with Gasteiger partial charge in [-0.1, -0.05) is 0 Å². The van der Waals surface area contributed by atoms with Gasteiger partial charge in [0.25, 0.3) is 0 Å². The van der Waals surface area contributed by atoms with Crippen molar-refractivity contribution in [1.29, 1.82) is 0 Å². The van der Waals surface area contributed by atoms with Crippen LogP contribution in [-0.4, -0.2) is 66.6 Å². The minimum Gasteiger partial charge on any atom is -0.339 e. The number of nitrogens with zero attached hydrogens (tertiary/aromatic N) is 3. The molecule has 7 nitrogen and oxygen atoms in total. The van der Waals surface area contributed by atoms with Gasteiger partial charge in [0.1, 0.15) is 5.75 Å². The number of pyridine rings is 1. The van der Waals surface area contributed by atoms with Crippen LogP contribution in [0.25, 0.3) is 0 Å². The number of carbonyl (C=O) groups is 1. The first-order valence-electron chi connectivity index (χ1n) is 8.05. The molecule has 0 saturated carbocycles. The molecule has 0 aromatic carbocycles. The molecular formula is C16H26N4O3S. The van der Waals surface area contributed by atoms with Gasteiger partial charge >= 0.3 is 0 Å². The maximum atomic E-state index is 12.2. The van der Waals surface area contributed by atoms with E-state index in [0.717, 1.165) is 19.6 Å². The highest BCUT2D eigenvalue weighted by Crippen LogP contribution is 2.09. The fraction of sp³-hybridized carbons (Fsp3) is 0.625. The summed E-state index contributed by atoms with van der Waals surface area (Å²) in [4.78, 5) is 20.1. The van der Waals surface area contributed by atoms with Crippen molar-refractivity contribution in [2.45, 2.75) is 32.9 Å². The normalized spacial score (nSPS) is 17.0. The van der Waals surface area contributed by atoms with Crippen molar-refractivity contribution in [3.05, 3.63) is 30.1 Å². The van der Waals surface area contributed by atoms with Crippen LogP contribution in [0.4, 0.5) is 0 Å². The molecule has 1 aliphatic heterocycles. The molecule has 0 bridgehead atoms. The van der Waals surface area contributed by atoms with Crippen LogP contribution < -0.4 is 4.72 Å². The average molecular weight is 354 g/mol. The van der Waals surface area contributed by atoms with Gasteiger partial charge < -0.3 is 4.90 Å². The van der Waals surface area contributed by atoms with E-state index in [9.17, 15) is 13.2 Å². The number of sulfonamides is 1. The molecule has 8 heteroatoms. The number of amides is 1. The largest absolute Gasteiger partial charge is 0.339 e. The van der Waals surface area contributed by atoms with Gasteiger partial charge in [-0.05, 0) is 38.5 Å². The summed E-state index contributed by atoms with van der Waals surface area (Å²) in [5.74, 6) is -0.829. The minimum atomic E-state index is -3.61. The number of nitrogens with one attached hydrogen (secondary N) is 1. The molecule has 1 aliphatic rings. The number of rotatable bonds is 5. The molecule has 1 aromatic heterocycles. The second-order valence-electron chi connectivity index (χ2n) is 7.12. The summed E-state index contributed by atoms with van der Waals surface area (Å²) in [7, 11) is -3.61. The van der Waals surface area contributed by atoms with Crippen LogP contribution >= 0.6 is 0 Å². The molecule has 1 amide bonds. The molecule has 1 saturated heterocycles. The van der Waals surface area contributed by atoms with E-state index in [1.807, 2.05) is 12.1 Å². The van der Waals surface area contributed by atoms with E-state index in [0.29, 0.717) is 13.1 Å². The number of carbonyl (C=O) groups excluding carboxylic acids is 1. The lowest BCUT2D eigenvalue weighted by Gasteiger charge is -2.35. The molecule has 0 spiro atoms. The Labute approximate surface area is 144 Å². The highest BCUT2D eigenvalue weighted by molar-refractivity contribution is 7.90. The second-order valence-corrected chi connectivity index (χ2v) is 8.85. The van der Waals surface area contributed by atoms with Crippen molar-refractivity contribution in [3.63, 3.8) is 0 Å². The zero-order valence-corrected chi connectivity index (χ0v) is 15.3. The molecule has 0 atom stereocenters. The lowest BCUT2D eigenvalue weighted by molar-refractivity contribution is -0.130. The molecule has 2 heterocycles. The van der Waals surface area contributed by atoms with Gasteiger partial charge in [-0.3, -0.25) is 14.7 Å². The number of aromatic nitrogens is 1. The van der Waals surface area contributed by atoms with E-state index in [2.05, 4.69) is 14.6 Å². The fourth-order valence-corrected chi connectivity index (χ4v) is 4.17. The van der Waals surface area contributed by atoms with Crippen LogP contribution in [0.15, 0.2) is 24.5 Å². The van der Waals surface area contributed by atoms with Crippen molar-refractivity contribution in [2.75, 3.05) is 31.9 Å². The first kappa shape index (κ1) is 18.8. The monoisotopic (exact) mass is 354 g/mol.